The predicted molar refractivity (Wildman–Crippen MR) is 43.4 cm³/mol. The number of rotatable bonds is 2. The van der Waals surface area contributed by atoms with Crippen LogP contribution in [0.1, 0.15) is 0 Å². The number of furan rings is 1. The van der Waals surface area contributed by atoms with Crippen LogP contribution in [0.25, 0.3) is 11.1 Å². The molecule has 2 heterocycles. The molecule has 4 heteroatoms. The van der Waals surface area contributed by atoms with Crippen LogP contribution in [0, 0.1) is 0 Å². The SMILES string of the molecule is NC(=O)Cn1ccc2occc21. The maximum Gasteiger partial charge on any atom is 0.237 e. The topological polar surface area (TPSA) is 61.2 Å². The predicted octanol–water partition coefficient (Wildman–Crippen LogP) is 0.720. The van der Waals surface area contributed by atoms with E-state index in [9.17, 15) is 4.79 Å². The first kappa shape index (κ1) is 6.97. The summed E-state index contributed by atoms with van der Waals surface area (Å²) in [5.41, 5.74) is 6.72. The number of nitrogens with zero attached hydrogens (tertiary/aromatic N) is 1. The van der Waals surface area contributed by atoms with Gasteiger partial charge in [0.25, 0.3) is 0 Å². The average molecular weight is 164 g/mol. The largest absolute Gasteiger partial charge is 0.463 e. The lowest BCUT2D eigenvalue weighted by molar-refractivity contribution is -0.118. The Morgan fingerprint density at radius 2 is 2.42 bits per heavy atom. The molecule has 0 aliphatic rings. The fourth-order valence-electron chi connectivity index (χ4n) is 1.22. The zero-order valence-electron chi connectivity index (χ0n) is 6.36. The van der Waals surface area contributed by atoms with Gasteiger partial charge in [0.15, 0.2) is 5.58 Å². The van der Waals surface area contributed by atoms with Gasteiger partial charge >= 0.3 is 0 Å². The molecule has 0 aromatic carbocycles. The van der Waals surface area contributed by atoms with Crippen molar-refractivity contribution in [1.29, 1.82) is 0 Å². The summed E-state index contributed by atoms with van der Waals surface area (Å²) >= 11 is 0. The molecule has 4 nitrogen and oxygen atoms in total. The van der Waals surface area contributed by atoms with E-state index in [1.165, 1.54) is 0 Å². The van der Waals surface area contributed by atoms with Crippen molar-refractivity contribution in [2.75, 3.05) is 0 Å². The van der Waals surface area contributed by atoms with E-state index in [0.717, 1.165) is 11.1 Å². The van der Waals surface area contributed by atoms with Gasteiger partial charge in [0.1, 0.15) is 6.54 Å². The maximum absolute atomic E-state index is 10.6. The van der Waals surface area contributed by atoms with Crippen molar-refractivity contribution >= 4 is 17.0 Å². The smallest absolute Gasteiger partial charge is 0.237 e. The van der Waals surface area contributed by atoms with Crippen molar-refractivity contribution in [1.82, 2.24) is 4.57 Å². The molecule has 0 radical (unpaired) electrons. The van der Waals surface area contributed by atoms with Gasteiger partial charge in [-0.3, -0.25) is 4.79 Å². The molecule has 0 spiro atoms. The number of hydrogen-bond acceptors (Lipinski definition) is 2. The second kappa shape index (κ2) is 2.41. The van der Waals surface area contributed by atoms with Gasteiger partial charge in [0.2, 0.25) is 5.91 Å². The lowest BCUT2D eigenvalue weighted by atomic mass is 10.5. The second-order valence-electron chi connectivity index (χ2n) is 2.58. The first-order valence-corrected chi connectivity index (χ1v) is 3.58. The minimum Gasteiger partial charge on any atom is -0.463 e. The van der Waals surface area contributed by atoms with Gasteiger partial charge in [-0.25, -0.2) is 0 Å². The number of hydrogen-bond donors (Lipinski definition) is 1. The van der Waals surface area contributed by atoms with Crippen LogP contribution in [-0.2, 0) is 11.3 Å². The standard InChI is InChI=1S/C8H8N2O2/c9-8(11)5-10-3-1-7-6(10)2-4-12-7/h1-4H,5H2,(H2,9,11). The Balaban J connectivity index is 2.47. The number of nitrogens with two attached hydrogens (primary N) is 1. The van der Waals surface area contributed by atoms with E-state index >= 15 is 0 Å². The van der Waals surface area contributed by atoms with Crippen LogP contribution in [0.5, 0.6) is 0 Å². The third kappa shape index (κ3) is 0.972. The summed E-state index contributed by atoms with van der Waals surface area (Å²) in [5, 5.41) is 0. The molecule has 0 bridgehead atoms. The third-order valence-corrected chi connectivity index (χ3v) is 1.71. The highest BCUT2D eigenvalue weighted by Gasteiger charge is 2.04. The molecule has 0 saturated heterocycles. The maximum atomic E-state index is 10.6. The van der Waals surface area contributed by atoms with Crippen LogP contribution in [0.2, 0.25) is 0 Å². The minimum absolute atomic E-state index is 0.197. The van der Waals surface area contributed by atoms with E-state index in [-0.39, 0.29) is 12.5 Å². The normalized spacial score (nSPS) is 10.7. The Kier molecular flexibility index (Phi) is 1.40. The van der Waals surface area contributed by atoms with Gasteiger partial charge in [-0.2, -0.15) is 0 Å². The van der Waals surface area contributed by atoms with Crippen LogP contribution in [0.15, 0.2) is 29.0 Å². The summed E-state index contributed by atoms with van der Waals surface area (Å²) in [6, 6.07) is 3.61. The van der Waals surface area contributed by atoms with Crippen molar-refractivity contribution in [2.45, 2.75) is 6.54 Å². The van der Waals surface area contributed by atoms with Gasteiger partial charge in [-0.05, 0) is 6.07 Å². The number of carbonyl (C=O) groups excluding carboxylic acids is 1. The van der Waals surface area contributed by atoms with Crippen LogP contribution in [0.3, 0.4) is 0 Å². The van der Waals surface area contributed by atoms with E-state index in [2.05, 4.69) is 0 Å². The summed E-state index contributed by atoms with van der Waals surface area (Å²) in [6.45, 7) is 0.197. The summed E-state index contributed by atoms with van der Waals surface area (Å²) in [4.78, 5) is 10.6. The highest BCUT2D eigenvalue weighted by atomic mass is 16.3. The van der Waals surface area contributed by atoms with Crippen LogP contribution in [-0.4, -0.2) is 10.5 Å². The molecular formula is C8H8N2O2. The van der Waals surface area contributed by atoms with Gasteiger partial charge in [-0.15, -0.1) is 0 Å². The highest BCUT2D eigenvalue weighted by molar-refractivity contribution is 5.79. The Morgan fingerprint density at radius 1 is 1.58 bits per heavy atom. The van der Waals surface area contributed by atoms with E-state index in [4.69, 9.17) is 10.2 Å². The Hall–Kier alpha value is -1.71. The zero-order valence-corrected chi connectivity index (χ0v) is 6.36. The zero-order chi connectivity index (χ0) is 8.55. The molecule has 2 N–H and O–H groups in total. The molecule has 62 valence electrons. The summed E-state index contributed by atoms with van der Waals surface area (Å²) in [7, 11) is 0. The summed E-state index contributed by atoms with van der Waals surface area (Å²) < 4.78 is 6.86. The Morgan fingerprint density at radius 3 is 3.17 bits per heavy atom. The summed E-state index contributed by atoms with van der Waals surface area (Å²) in [6.07, 6.45) is 3.36. The van der Waals surface area contributed by atoms with Gasteiger partial charge in [-0.1, -0.05) is 0 Å². The molecule has 0 saturated carbocycles. The van der Waals surface area contributed by atoms with E-state index < -0.39 is 0 Å². The van der Waals surface area contributed by atoms with Crippen molar-refractivity contribution in [3.63, 3.8) is 0 Å². The molecule has 12 heavy (non-hydrogen) atoms. The fourth-order valence-corrected chi connectivity index (χ4v) is 1.22. The lowest BCUT2D eigenvalue weighted by Crippen LogP contribution is -2.17. The number of fused-ring (bicyclic) bond motifs is 1. The number of carbonyl (C=O) groups is 1. The van der Waals surface area contributed by atoms with Gasteiger partial charge < -0.3 is 14.7 Å². The van der Waals surface area contributed by atoms with Crippen LogP contribution >= 0.6 is 0 Å². The number of primary amides is 1. The van der Waals surface area contributed by atoms with E-state index in [0.29, 0.717) is 0 Å². The van der Waals surface area contributed by atoms with Crippen molar-refractivity contribution in [3.05, 3.63) is 24.6 Å². The molecular weight excluding hydrogens is 156 g/mol. The molecule has 2 rings (SSSR count). The lowest BCUT2D eigenvalue weighted by Gasteiger charge is -1.97. The van der Waals surface area contributed by atoms with Gasteiger partial charge in [0.05, 0.1) is 11.8 Å². The number of amides is 1. The van der Waals surface area contributed by atoms with E-state index in [1.807, 2.05) is 0 Å². The third-order valence-electron chi connectivity index (χ3n) is 1.71. The van der Waals surface area contributed by atoms with Crippen LogP contribution in [0.4, 0.5) is 0 Å². The average Bonchev–Trinajstić information content (AvgIpc) is 2.52. The molecule has 0 aliphatic carbocycles. The second-order valence-corrected chi connectivity index (χ2v) is 2.58. The van der Waals surface area contributed by atoms with Crippen molar-refractivity contribution in [3.8, 4) is 0 Å². The Bertz CT molecular complexity index is 413. The van der Waals surface area contributed by atoms with E-state index in [1.54, 1.807) is 29.2 Å². The quantitative estimate of drug-likeness (QED) is 0.710. The first-order valence-electron chi connectivity index (χ1n) is 3.58. The van der Waals surface area contributed by atoms with Crippen molar-refractivity contribution < 1.29 is 9.21 Å². The van der Waals surface area contributed by atoms with Crippen LogP contribution < -0.4 is 5.73 Å². The fraction of sp³-hybridized carbons (Fsp3) is 0.125. The van der Waals surface area contributed by atoms with Crippen molar-refractivity contribution in [2.24, 2.45) is 5.73 Å². The minimum atomic E-state index is -0.353. The Labute approximate surface area is 68.6 Å². The molecule has 1 amide bonds. The van der Waals surface area contributed by atoms with Gasteiger partial charge in [0, 0.05) is 12.3 Å². The molecule has 0 atom stereocenters. The highest BCUT2D eigenvalue weighted by Crippen LogP contribution is 2.15. The monoisotopic (exact) mass is 164 g/mol. The molecule has 0 unspecified atom stereocenters. The first-order chi connectivity index (χ1) is 5.77. The molecule has 0 aliphatic heterocycles. The molecule has 2 aromatic heterocycles. The molecule has 2 aromatic rings. The summed E-state index contributed by atoms with van der Waals surface area (Å²) in [5.74, 6) is -0.353. The molecule has 0 fully saturated rings. The number of aromatic nitrogens is 1.